The smallest absolute Gasteiger partial charge is 0.0233 e. The van der Waals surface area contributed by atoms with Gasteiger partial charge in [-0.25, -0.2) is 0 Å². The summed E-state index contributed by atoms with van der Waals surface area (Å²) < 4.78 is 0. The van der Waals surface area contributed by atoms with Crippen molar-refractivity contribution in [1.29, 1.82) is 0 Å². The third-order valence-electron chi connectivity index (χ3n) is 7.14. The number of hydrogen-bond acceptors (Lipinski definition) is 1. The lowest BCUT2D eigenvalue weighted by Crippen LogP contribution is -1.93. The third-order valence-corrected chi connectivity index (χ3v) is 8.60. The van der Waals surface area contributed by atoms with Gasteiger partial charge in [0.15, 0.2) is 0 Å². The number of aryl methyl sites for hydroxylation is 2. The lowest BCUT2D eigenvalue weighted by molar-refractivity contribution is 1.24. The summed E-state index contributed by atoms with van der Waals surface area (Å²) >= 11 is 1.95. The molecule has 0 radical (unpaired) electrons. The predicted octanol–water partition coefficient (Wildman–Crippen LogP) is 9.68. The minimum absolute atomic E-state index is 1.30. The molecule has 0 saturated carbocycles. The van der Waals surface area contributed by atoms with Crippen molar-refractivity contribution in [3.63, 3.8) is 0 Å². The molecular weight excluding hydrogens is 416 g/mol. The van der Waals surface area contributed by atoms with Crippen molar-refractivity contribution >= 4 is 54.9 Å². The average molecular weight is 443 g/mol. The minimum atomic E-state index is 1.30. The van der Waals surface area contributed by atoms with E-state index < -0.39 is 0 Å². The van der Waals surface area contributed by atoms with Crippen LogP contribution in [-0.2, 0) is 0 Å². The molecule has 1 heteroatoms. The molecule has 0 aliphatic heterocycles. The second kappa shape index (κ2) is 7.64. The van der Waals surface area contributed by atoms with Crippen LogP contribution in [0.4, 0.5) is 0 Å². The molecule has 0 aromatic heterocycles. The van der Waals surface area contributed by atoms with Gasteiger partial charge in [0.2, 0.25) is 0 Å². The standard InChI is InChI=1S/C32H26S/c1-19-13-27-15-23-9-5-7-11-25(23)17-29(27)31(21(19)3)33-32-22(4)20(2)14-28-16-24-10-6-8-12-26(24)18-30(28)32/h5-18H,1-4H3. The Bertz CT molecular complexity index is 1590. The van der Waals surface area contributed by atoms with Crippen LogP contribution in [0.5, 0.6) is 0 Å². The molecule has 0 unspecified atom stereocenters. The Labute approximate surface area is 199 Å². The van der Waals surface area contributed by atoms with E-state index in [0.717, 1.165) is 0 Å². The maximum atomic E-state index is 2.38. The van der Waals surface area contributed by atoms with Crippen LogP contribution < -0.4 is 0 Å². The maximum absolute atomic E-state index is 2.38. The van der Waals surface area contributed by atoms with Crippen LogP contribution in [0.1, 0.15) is 22.3 Å². The number of fused-ring (bicyclic) bond motifs is 4. The topological polar surface area (TPSA) is 0 Å². The van der Waals surface area contributed by atoms with Gasteiger partial charge in [-0.2, -0.15) is 0 Å². The zero-order valence-corrected chi connectivity index (χ0v) is 20.3. The molecule has 0 fully saturated rings. The molecule has 6 rings (SSSR count). The Morgan fingerprint density at radius 1 is 0.424 bits per heavy atom. The summed E-state index contributed by atoms with van der Waals surface area (Å²) in [5.74, 6) is 0. The fraction of sp³-hybridized carbons (Fsp3) is 0.125. The Kier molecular flexibility index (Phi) is 4.71. The summed E-state index contributed by atoms with van der Waals surface area (Å²) in [6, 6.07) is 31.5. The van der Waals surface area contributed by atoms with Gasteiger partial charge in [0.05, 0.1) is 0 Å². The summed E-state index contributed by atoms with van der Waals surface area (Å²) in [6.07, 6.45) is 0. The second-order valence-electron chi connectivity index (χ2n) is 9.24. The first kappa shape index (κ1) is 20.3. The van der Waals surface area contributed by atoms with Gasteiger partial charge in [-0.15, -0.1) is 0 Å². The van der Waals surface area contributed by atoms with E-state index in [-0.39, 0.29) is 0 Å². The highest BCUT2D eigenvalue weighted by atomic mass is 32.2. The molecule has 160 valence electrons. The van der Waals surface area contributed by atoms with Crippen LogP contribution in [0.2, 0.25) is 0 Å². The van der Waals surface area contributed by atoms with Gasteiger partial charge in [0.25, 0.3) is 0 Å². The molecule has 0 spiro atoms. The average Bonchev–Trinajstić information content (AvgIpc) is 2.82. The van der Waals surface area contributed by atoms with Gasteiger partial charge in [0, 0.05) is 9.79 Å². The molecule has 0 atom stereocenters. The van der Waals surface area contributed by atoms with Gasteiger partial charge in [-0.3, -0.25) is 0 Å². The highest BCUT2D eigenvalue weighted by Gasteiger charge is 2.16. The molecule has 0 heterocycles. The van der Waals surface area contributed by atoms with Crippen LogP contribution in [0.3, 0.4) is 0 Å². The summed E-state index contributed by atoms with van der Waals surface area (Å²) in [5, 5.41) is 10.5. The summed E-state index contributed by atoms with van der Waals surface area (Å²) in [6.45, 7) is 9.02. The maximum Gasteiger partial charge on any atom is 0.0233 e. The molecule has 0 aliphatic carbocycles. The third kappa shape index (κ3) is 3.31. The van der Waals surface area contributed by atoms with Gasteiger partial charge in [0.1, 0.15) is 0 Å². The van der Waals surface area contributed by atoms with Crippen molar-refractivity contribution in [3.05, 3.63) is 107 Å². The Balaban J connectivity index is 1.66. The lowest BCUT2D eigenvalue weighted by atomic mass is 9.98. The van der Waals surface area contributed by atoms with Crippen LogP contribution in [0.15, 0.2) is 94.7 Å². The van der Waals surface area contributed by atoms with Crippen LogP contribution >= 0.6 is 11.8 Å². The molecule has 6 aromatic rings. The Hall–Kier alpha value is -3.29. The Morgan fingerprint density at radius 3 is 1.18 bits per heavy atom. The molecule has 0 aliphatic rings. The zero-order valence-electron chi connectivity index (χ0n) is 19.5. The van der Waals surface area contributed by atoms with E-state index in [0.29, 0.717) is 0 Å². The number of hydrogen-bond donors (Lipinski definition) is 0. The summed E-state index contributed by atoms with van der Waals surface area (Å²) in [7, 11) is 0. The minimum Gasteiger partial charge on any atom is -0.0882 e. The molecule has 0 bridgehead atoms. The van der Waals surface area contributed by atoms with Crippen molar-refractivity contribution < 1.29 is 0 Å². The van der Waals surface area contributed by atoms with Crippen molar-refractivity contribution in [3.8, 4) is 0 Å². The van der Waals surface area contributed by atoms with Crippen LogP contribution in [-0.4, -0.2) is 0 Å². The molecule has 0 amide bonds. The van der Waals surface area contributed by atoms with Gasteiger partial charge >= 0.3 is 0 Å². The van der Waals surface area contributed by atoms with Crippen molar-refractivity contribution in [2.45, 2.75) is 37.5 Å². The van der Waals surface area contributed by atoms with E-state index in [9.17, 15) is 0 Å². The first-order valence-electron chi connectivity index (χ1n) is 11.5. The second-order valence-corrected chi connectivity index (χ2v) is 10.3. The van der Waals surface area contributed by atoms with E-state index in [2.05, 4.69) is 113 Å². The molecule has 0 saturated heterocycles. The largest absolute Gasteiger partial charge is 0.0882 e. The first-order chi connectivity index (χ1) is 16.0. The predicted molar refractivity (Wildman–Crippen MR) is 146 cm³/mol. The van der Waals surface area contributed by atoms with Gasteiger partial charge in [-0.05, 0) is 117 Å². The Morgan fingerprint density at radius 2 is 0.788 bits per heavy atom. The van der Waals surface area contributed by atoms with E-state index in [1.54, 1.807) is 0 Å². The first-order valence-corrected chi connectivity index (χ1v) is 12.3. The number of rotatable bonds is 2. The van der Waals surface area contributed by atoms with Gasteiger partial charge < -0.3 is 0 Å². The summed E-state index contributed by atoms with van der Waals surface area (Å²) in [4.78, 5) is 2.75. The SMILES string of the molecule is Cc1cc2cc3ccccc3cc2c(Sc2c(C)c(C)cc3cc4ccccc4cc23)c1C. The fourth-order valence-corrected chi connectivity index (χ4v) is 6.36. The molecule has 33 heavy (non-hydrogen) atoms. The van der Waals surface area contributed by atoms with Crippen molar-refractivity contribution in [2.75, 3.05) is 0 Å². The molecule has 0 N–H and O–H groups in total. The van der Waals surface area contributed by atoms with E-state index >= 15 is 0 Å². The van der Waals surface area contributed by atoms with Crippen molar-refractivity contribution in [2.24, 2.45) is 0 Å². The lowest BCUT2D eigenvalue weighted by Gasteiger charge is -2.18. The van der Waals surface area contributed by atoms with E-state index in [4.69, 9.17) is 0 Å². The quantitative estimate of drug-likeness (QED) is 0.240. The normalized spacial score (nSPS) is 11.8. The highest BCUT2D eigenvalue weighted by molar-refractivity contribution is 8.00. The number of benzene rings is 6. The zero-order chi connectivity index (χ0) is 22.7. The fourth-order valence-electron chi connectivity index (χ4n) is 4.96. The summed E-state index contributed by atoms with van der Waals surface area (Å²) in [5.41, 5.74) is 5.44. The van der Waals surface area contributed by atoms with Crippen LogP contribution in [0.25, 0.3) is 43.1 Å². The van der Waals surface area contributed by atoms with E-state index in [1.165, 1.54) is 75.1 Å². The molecular formula is C32H26S. The van der Waals surface area contributed by atoms with Gasteiger partial charge in [-0.1, -0.05) is 72.4 Å². The van der Waals surface area contributed by atoms with Crippen LogP contribution in [0, 0.1) is 27.7 Å². The monoisotopic (exact) mass is 442 g/mol. The van der Waals surface area contributed by atoms with E-state index in [1.807, 2.05) is 11.8 Å². The molecule has 0 nitrogen and oxygen atoms in total. The highest BCUT2D eigenvalue weighted by Crippen LogP contribution is 2.44. The molecule has 6 aromatic carbocycles. The van der Waals surface area contributed by atoms with Crippen molar-refractivity contribution in [1.82, 2.24) is 0 Å².